The first-order valence-electron chi connectivity index (χ1n) is 8.71. The summed E-state index contributed by atoms with van der Waals surface area (Å²) in [5, 5.41) is 12.2. The number of amides is 1. The van der Waals surface area contributed by atoms with Gasteiger partial charge in [-0.2, -0.15) is 5.26 Å². The number of nitriles is 1. The molecular formula is C23H19FN2O. The highest BCUT2D eigenvalue weighted by molar-refractivity contribution is 5.78. The van der Waals surface area contributed by atoms with Gasteiger partial charge < -0.3 is 5.32 Å². The maximum Gasteiger partial charge on any atom is 0.222 e. The van der Waals surface area contributed by atoms with E-state index in [0.717, 1.165) is 11.1 Å². The molecule has 0 bridgehead atoms. The third-order valence-electron chi connectivity index (χ3n) is 4.43. The van der Waals surface area contributed by atoms with Crippen LogP contribution in [-0.2, 0) is 4.79 Å². The molecule has 0 unspecified atom stereocenters. The fourth-order valence-electron chi connectivity index (χ4n) is 3.05. The Labute approximate surface area is 158 Å². The lowest BCUT2D eigenvalue weighted by Crippen LogP contribution is -2.29. The number of halogens is 1. The minimum absolute atomic E-state index is 0.111. The van der Waals surface area contributed by atoms with Crippen LogP contribution < -0.4 is 5.32 Å². The zero-order valence-corrected chi connectivity index (χ0v) is 14.7. The SMILES string of the molecule is N#C[C@@H](NC(=O)CC(c1ccccc1)c1ccccc1)c1ccc(F)cc1. The second kappa shape index (κ2) is 8.77. The summed E-state index contributed by atoms with van der Waals surface area (Å²) >= 11 is 0. The first-order chi connectivity index (χ1) is 13.2. The summed E-state index contributed by atoms with van der Waals surface area (Å²) in [6.45, 7) is 0. The van der Waals surface area contributed by atoms with Crippen LogP contribution in [-0.4, -0.2) is 5.91 Å². The molecule has 4 heteroatoms. The third-order valence-corrected chi connectivity index (χ3v) is 4.43. The zero-order chi connectivity index (χ0) is 19.1. The summed E-state index contributed by atoms with van der Waals surface area (Å²) in [5.74, 6) is -0.724. The molecule has 0 spiro atoms. The predicted octanol–water partition coefficient (Wildman–Crippen LogP) is 4.73. The molecule has 1 N–H and O–H groups in total. The number of hydrogen-bond donors (Lipinski definition) is 1. The predicted molar refractivity (Wildman–Crippen MR) is 102 cm³/mol. The Balaban J connectivity index is 1.78. The highest BCUT2D eigenvalue weighted by Gasteiger charge is 2.20. The normalized spacial score (nSPS) is 11.6. The third kappa shape index (κ3) is 4.80. The van der Waals surface area contributed by atoms with Crippen molar-refractivity contribution in [3.05, 3.63) is 107 Å². The van der Waals surface area contributed by atoms with Crippen molar-refractivity contribution in [2.24, 2.45) is 0 Å². The standard InChI is InChI=1S/C23H19FN2O/c24-20-13-11-19(12-14-20)22(16-25)26-23(27)15-21(17-7-3-1-4-8-17)18-9-5-2-6-10-18/h1-14,21-22H,15H2,(H,26,27)/t22-/m1/s1. The molecule has 0 saturated heterocycles. The molecule has 0 saturated carbocycles. The number of rotatable bonds is 6. The molecular weight excluding hydrogens is 339 g/mol. The van der Waals surface area contributed by atoms with Gasteiger partial charge in [-0.1, -0.05) is 72.8 Å². The zero-order valence-electron chi connectivity index (χ0n) is 14.7. The number of nitrogens with one attached hydrogen (secondary N) is 1. The van der Waals surface area contributed by atoms with Gasteiger partial charge in [0.15, 0.2) is 0 Å². The molecule has 3 rings (SSSR count). The van der Waals surface area contributed by atoms with Crippen molar-refractivity contribution < 1.29 is 9.18 Å². The van der Waals surface area contributed by atoms with Crippen LogP contribution in [0, 0.1) is 17.1 Å². The van der Waals surface area contributed by atoms with E-state index in [4.69, 9.17) is 0 Å². The topological polar surface area (TPSA) is 52.9 Å². The lowest BCUT2D eigenvalue weighted by molar-refractivity contribution is -0.121. The smallest absolute Gasteiger partial charge is 0.222 e. The number of nitrogens with zero attached hydrogens (tertiary/aromatic N) is 1. The van der Waals surface area contributed by atoms with Crippen molar-refractivity contribution in [3.8, 4) is 6.07 Å². The quantitative estimate of drug-likeness (QED) is 0.693. The average molecular weight is 358 g/mol. The molecule has 1 atom stereocenters. The van der Waals surface area contributed by atoms with Crippen molar-refractivity contribution in [1.82, 2.24) is 5.32 Å². The minimum Gasteiger partial charge on any atom is -0.337 e. The van der Waals surface area contributed by atoms with Gasteiger partial charge in [-0.3, -0.25) is 4.79 Å². The molecule has 0 aliphatic heterocycles. The van der Waals surface area contributed by atoms with Crippen molar-refractivity contribution in [1.29, 1.82) is 5.26 Å². The van der Waals surface area contributed by atoms with E-state index in [1.54, 1.807) is 0 Å². The lowest BCUT2D eigenvalue weighted by Gasteiger charge is -2.19. The Bertz CT molecular complexity index is 879. The molecule has 3 aromatic carbocycles. The van der Waals surface area contributed by atoms with Crippen LogP contribution in [0.5, 0.6) is 0 Å². The summed E-state index contributed by atoms with van der Waals surface area (Å²) in [5.41, 5.74) is 2.63. The minimum atomic E-state index is -0.815. The number of benzene rings is 3. The van der Waals surface area contributed by atoms with E-state index >= 15 is 0 Å². The van der Waals surface area contributed by atoms with Crippen molar-refractivity contribution >= 4 is 5.91 Å². The lowest BCUT2D eigenvalue weighted by atomic mass is 9.88. The molecule has 3 nitrogen and oxygen atoms in total. The molecule has 3 aromatic rings. The average Bonchev–Trinajstić information content (AvgIpc) is 2.72. The summed E-state index contributed by atoms with van der Waals surface area (Å²) in [6.07, 6.45) is 0.216. The van der Waals surface area contributed by atoms with E-state index in [9.17, 15) is 14.4 Å². The summed E-state index contributed by atoms with van der Waals surface area (Å²) < 4.78 is 13.1. The van der Waals surface area contributed by atoms with Gasteiger partial charge in [0.1, 0.15) is 11.9 Å². The van der Waals surface area contributed by atoms with E-state index in [0.29, 0.717) is 5.56 Å². The molecule has 0 aromatic heterocycles. The first-order valence-corrected chi connectivity index (χ1v) is 8.71. The van der Waals surface area contributed by atoms with Crippen molar-refractivity contribution in [2.45, 2.75) is 18.4 Å². The van der Waals surface area contributed by atoms with Crippen LogP contribution in [0.1, 0.15) is 35.1 Å². The molecule has 27 heavy (non-hydrogen) atoms. The van der Waals surface area contributed by atoms with E-state index < -0.39 is 6.04 Å². The summed E-state index contributed by atoms with van der Waals surface area (Å²) in [4.78, 5) is 12.7. The van der Waals surface area contributed by atoms with Gasteiger partial charge in [0.25, 0.3) is 0 Å². The second-order valence-electron chi connectivity index (χ2n) is 6.26. The van der Waals surface area contributed by atoms with Crippen LogP contribution in [0.4, 0.5) is 4.39 Å². The van der Waals surface area contributed by atoms with Gasteiger partial charge in [-0.15, -0.1) is 0 Å². The monoisotopic (exact) mass is 358 g/mol. The first kappa shape index (κ1) is 18.3. The fourth-order valence-corrected chi connectivity index (χ4v) is 3.05. The molecule has 0 radical (unpaired) electrons. The van der Waals surface area contributed by atoms with E-state index in [2.05, 4.69) is 11.4 Å². The Morgan fingerprint density at radius 2 is 1.37 bits per heavy atom. The molecule has 0 fully saturated rings. The van der Waals surface area contributed by atoms with E-state index in [-0.39, 0.29) is 24.1 Å². The highest BCUT2D eigenvalue weighted by Crippen LogP contribution is 2.28. The van der Waals surface area contributed by atoms with Crippen molar-refractivity contribution in [2.75, 3.05) is 0 Å². The van der Waals surface area contributed by atoms with Crippen LogP contribution >= 0.6 is 0 Å². The Hall–Kier alpha value is -3.45. The fraction of sp³-hybridized carbons (Fsp3) is 0.130. The van der Waals surface area contributed by atoms with E-state index in [1.807, 2.05) is 60.7 Å². The molecule has 0 aliphatic rings. The molecule has 134 valence electrons. The highest BCUT2D eigenvalue weighted by atomic mass is 19.1. The number of hydrogen-bond acceptors (Lipinski definition) is 2. The van der Waals surface area contributed by atoms with Gasteiger partial charge in [-0.05, 0) is 28.8 Å². The van der Waals surface area contributed by atoms with Crippen LogP contribution in [0.3, 0.4) is 0 Å². The molecule has 1 amide bonds. The molecule has 0 aliphatic carbocycles. The van der Waals surface area contributed by atoms with Crippen LogP contribution in [0.25, 0.3) is 0 Å². The number of carbonyl (C=O) groups is 1. The van der Waals surface area contributed by atoms with Crippen molar-refractivity contribution in [3.63, 3.8) is 0 Å². The maximum absolute atomic E-state index is 13.1. The largest absolute Gasteiger partial charge is 0.337 e. The van der Waals surface area contributed by atoms with E-state index in [1.165, 1.54) is 24.3 Å². The maximum atomic E-state index is 13.1. The Kier molecular flexibility index (Phi) is 5.96. The summed E-state index contributed by atoms with van der Waals surface area (Å²) in [7, 11) is 0. The number of carbonyl (C=O) groups excluding carboxylic acids is 1. The van der Waals surface area contributed by atoms with Gasteiger partial charge in [0.05, 0.1) is 6.07 Å². The van der Waals surface area contributed by atoms with Gasteiger partial charge in [-0.25, -0.2) is 4.39 Å². The van der Waals surface area contributed by atoms with Gasteiger partial charge in [0.2, 0.25) is 5.91 Å². The second-order valence-corrected chi connectivity index (χ2v) is 6.26. The van der Waals surface area contributed by atoms with Crippen LogP contribution in [0.15, 0.2) is 84.9 Å². The summed E-state index contributed by atoms with van der Waals surface area (Å²) in [6, 6.07) is 26.5. The van der Waals surface area contributed by atoms with Gasteiger partial charge in [0, 0.05) is 12.3 Å². The Morgan fingerprint density at radius 1 is 0.852 bits per heavy atom. The molecule has 0 heterocycles. The Morgan fingerprint density at radius 3 is 1.85 bits per heavy atom. The van der Waals surface area contributed by atoms with Gasteiger partial charge >= 0.3 is 0 Å². The van der Waals surface area contributed by atoms with Crippen LogP contribution in [0.2, 0.25) is 0 Å².